The maximum Gasteiger partial charge on any atom is 0.0431 e. The van der Waals surface area contributed by atoms with Gasteiger partial charge in [0, 0.05) is 13.2 Å². The predicted octanol–water partition coefficient (Wildman–Crippen LogP) is 1.80. The van der Waals surface area contributed by atoms with Crippen molar-refractivity contribution in [3.8, 4) is 0 Å². The van der Waals surface area contributed by atoms with E-state index < -0.39 is 0 Å². The topological polar surface area (TPSA) is 40.5 Å². The molecule has 0 aromatic heterocycles. The molecule has 0 saturated heterocycles. The van der Waals surface area contributed by atoms with Gasteiger partial charge in [-0.1, -0.05) is 13.8 Å². The second kappa shape index (κ2) is 7.56. The Hall–Kier alpha value is -0.0800. The van der Waals surface area contributed by atoms with E-state index in [-0.39, 0.29) is 0 Å². The van der Waals surface area contributed by atoms with E-state index in [1.54, 1.807) is 0 Å². The molecule has 0 amide bonds. The lowest BCUT2D eigenvalue weighted by Crippen LogP contribution is -2.09. The smallest absolute Gasteiger partial charge is 0.0431 e. The first-order valence-electron chi connectivity index (χ1n) is 4.94. The fourth-order valence-corrected chi connectivity index (χ4v) is 1.40. The summed E-state index contributed by atoms with van der Waals surface area (Å²) >= 11 is 0. The summed E-state index contributed by atoms with van der Waals surface area (Å²) in [5, 5.41) is 17.3. The molecule has 2 N–H and O–H groups in total. The van der Waals surface area contributed by atoms with Gasteiger partial charge < -0.3 is 10.2 Å². The third-order valence-corrected chi connectivity index (χ3v) is 2.61. The van der Waals surface area contributed by atoms with Crippen molar-refractivity contribution < 1.29 is 10.2 Å². The largest absolute Gasteiger partial charge is 0.396 e. The number of rotatable bonds is 7. The fourth-order valence-electron chi connectivity index (χ4n) is 1.40. The molecule has 0 fully saturated rings. The maximum atomic E-state index is 8.63. The third-order valence-electron chi connectivity index (χ3n) is 2.61. The van der Waals surface area contributed by atoms with E-state index in [0.717, 1.165) is 25.7 Å². The molecule has 12 heavy (non-hydrogen) atoms. The monoisotopic (exact) mass is 174 g/mol. The summed E-state index contributed by atoms with van der Waals surface area (Å²) in [6.45, 7) is 5.05. The van der Waals surface area contributed by atoms with Gasteiger partial charge in [0.2, 0.25) is 0 Å². The van der Waals surface area contributed by atoms with Gasteiger partial charge in [0.05, 0.1) is 0 Å². The van der Waals surface area contributed by atoms with Crippen LogP contribution in [0.1, 0.15) is 39.5 Å². The van der Waals surface area contributed by atoms with Crippen LogP contribution in [-0.4, -0.2) is 23.4 Å². The molecular weight excluding hydrogens is 152 g/mol. The Balaban J connectivity index is 3.39. The molecule has 0 aliphatic carbocycles. The van der Waals surface area contributed by atoms with Gasteiger partial charge in [-0.05, 0) is 37.5 Å². The van der Waals surface area contributed by atoms with Gasteiger partial charge >= 0.3 is 0 Å². The highest BCUT2D eigenvalue weighted by molar-refractivity contribution is 4.61. The second-order valence-corrected chi connectivity index (χ2v) is 3.69. The van der Waals surface area contributed by atoms with Crippen molar-refractivity contribution in [1.29, 1.82) is 0 Å². The van der Waals surface area contributed by atoms with Crippen LogP contribution in [0.15, 0.2) is 0 Å². The Morgan fingerprint density at radius 2 is 1.17 bits per heavy atom. The van der Waals surface area contributed by atoms with Crippen LogP contribution in [0.4, 0.5) is 0 Å². The van der Waals surface area contributed by atoms with Crippen molar-refractivity contribution in [3.05, 3.63) is 0 Å². The van der Waals surface area contributed by atoms with Crippen molar-refractivity contribution in [2.24, 2.45) is 11.8 Å². The molecule has 0 aliphatic heterocycles. The van der Waals surface area contributed by atoms with Crippen LogP contribution >= 0.6 is 0 Å². The molecule has 0 saturated carbocycles. The molecule has 0 aliphatic rings. The molecule has 0 radical (unpaired) electrons. The highest BCUT2D eigenvalue weighted by Gasteiger charge is 2.10. The Labute approximate surface area is 75.6 Å². The Kier molecular flexibility index (Phi) is 7.51. The summed E-state index contributed by atoms with van der Waals surface area (Å²) in [6.07, 6.45) is 4.02. The average Bonchev–Trinajstić information content (AvgIpc) is 2.10. The van der Waals surface area contributed by atoms with Crippen molar-refractivity contribution in [2.45, 2.75) is 39.5 Å². The predicted molar refractivity (Wildman–Crippen MR) is 51.0 cm³/mol. The first-order valence-corrected chi connectivity index (χ1v) is 4.94. The SMILES string of the molecule is CC(CCCO)C(C)CCCO. The van der Waals surface area contributed by atoms with Gasteiger partial charge in [-0.3, -0.25) is 0 Å². The third kappa shape index (κ3) is 5.56. The molecule has 0 aromatic carbocycles. The summed E-state index contributed by atoms with van der Waals surface area (Å²) in [5.41, 5.74) is 0. The fraction of sp³-hybridized carbons (Fsp3) is 1.00. The summed E-state index contributed by atoms with van der Waals surface area (Å²) in [6, 6.07) is 0. The number of hydrogen-bond donors (Lipinski definition) is 2. The van der Waals surface area contributed by atoms with Gasteiger partial charge in [-0.25, -0.2) is 0 Å². The van der Waals surface area contributed by atoms with E-state index >= 15 is 0 Å². The van der Waals surface area contributed by atoms with E-state index in [0.29, 0.717) is 25.0 Å². The lowest BCUT2D eigenvalue weighted by molar-refractivity contribution is 0.235. The van der Waals surface area contributed by atoms with Crippen LogP contribution in [0.3, 0.4) is 0 Å². The molecule has 2 heteroatoms. The van der Waals surface area contributed by atoms with E-state index in [4.69, 9.17) is 10.2 Å². The molecule has 2 nitrogen and oxygen atoms in total. The van der Waals surface area contributed by atoms with Gasteiger partial charge in [0.15, 0.2) is 0 Å². The second-order valence-electron chi connectivity index (χ2n) is 3.69. The molecule has 0 bridgehead atoms. The first kappa shape index (κ1) is 11.9. The molecule has 0 aromatic rings. The van der Waals surface area contributed by atoms with E-state index in [1.165, 1.54) is 0 Å². The molecule has 2 unspecified atom stereocenters. The van der Waals surface area contributed by atoms with Gasteiger partial charge in [-0.2, -0.15) is 0 Å². The Morgan fingerprint density at radius 3 is 1.42 bits per heavy atom. The van der Waals surface area contributed by atoms with Gasteiger partial charge in [0.25, 0.3) is 0 Å². The van der Waals surface area contributed by atoms with Crippen LogP contribution in [-0.2, 0) is 0 Å². The molecule has 0 heterocycles. The van der Waals surface area contributed by atoms with Crippen molar-refractivity contribution in [1.82, 2.24) is 0 Å². The summed E-state index contributed by atoms with van der Waals surface area (Å²) in [7, 11) is 0. The zero-order chi connectivity index (χ0) is 9.40. The van der Waals surface area contributed by atoms with E-state index in [1.807, 2.05) is 0 Å². The average molecular weight is 174 g/mol. The minimum Gasteiger partial charge on any atom is -0.396 e. The van der Waals surface area contributed by atoms with Gasteiger partial charge in [0.1, 0.15) is 0 Å². The van der Waals surface area contributed by atoms with Gasteiger partial charge in [-0.15, -0.1) is 0 Å². The molecule has 74 valence electrons. The van der Waals surface area contributed by atoms with Crippen molar-refractivity contribution in [2.75, 3.05) is 13.2 Å². The normalized spacial score (nSPS) is 16.0. The quantitative estimate of drug-likeness (QED) is 0.618. The number of aliphatic hydroxyl groups is 2. The van der Waals surface area contributed by atoms with Crippen LogP contribution in [0.25, 0.3) is 0 Å². The number of aliphatic hydroxyl groups excluding tert-OH is 2. The Morgan fingerprint density at radius 1 is 0.833 bits per heavy atom. The summed E-state index contributed by atoms with van der Waals surface area (Å²) in [4.78, 5) is 0. The molecule has 0 rings (SSSR count). The lowest BCUT2D eigenvalue weighted by atomic mass is 9.88. The van der Waals surface area contributed by atoms with Crippen LogP contribution in [0, 0.1) is 11.8 Å². The Bertz CT molecular complexity index is 81.8. The molecular formula is C10H22O2. The summed E-state index contributed by atoms with van der Waals surface area (Å²) < 4.78 is 0. The number of hydrogen-bond acceptors (Lipinski definition) is 2. The van der Waals surface area contributed by atoms with Crippen LogP contribution in [0.2, 0.25) is 0 Å². The van der Waals surface area contributed by atoms with E-state index in [9.17, 15) is 0 Å². The van der Waals surface area contributed by atoms with Crippen LogP contribution in [0.5, 0.6) is 0 Å². The highest BCUT2D eigenvalue weighted by atomic mass is 16.3. The zero-order valence-electron chi connectivity index (χ0n) is 8.29. The molecule has 2 atom stereocenters. The molecule has 0 spiro atoms. The standard InChI is InChI=1S/C10H22O2/c1-9(5-3-7-11)10(2)6-4-8-12/h9-12H,3-8H2,1-2H3. The van der Waals surface area contributed by atoms with Crippen LogP contribution < -0.4 is 0 Å². The lowest BCUT2D eigenvalue weighted by Gasteiger charge is -2.18. The van der Waals surface area contributed by atoms with Crippen molar-refractivity contribution in [3.63, 3.8) is 0 Å². The minimum atomic E-state index is 0.303. The first-order chi connectivity index (χ1) is 5.72. The maximum absolute atomic E-state index is 8.63. The van der Waals surface area contributed by atoms with Crippen molar-refractivity contribution >= 4 is 0 Å². The minimum absolute atomic E-state index is 0.303. The highest BCUT2D eigenvalue weighted by Crippen LogP contribution is 2.20. The van der Waals surface area contributed by atoms with E-state index in [2.05, 4.69) is 13.8 Å². The zero-order valence-corrected chi connectivity index (χ0v) is 8.29. The summed E-state index contributed by atoms with van der Waals surface area (Å²) in [5.74, 6) is 1.34.